The van der Waals surface area contributed by atoms with Gasteiger partial charge in [0.05, 0.1) is 0 Å². The first-order valence-electron chi connectivity index (χ1n) is 4.97. The molecule has 1 atom stereocenters. The van der Waals surface area contributed by atoms with Gasteiger partial charge in [-0.1, -0.05) is 20.3 Å². The Morgan fingerprint density at radius 2 is 2.17 bits per heavy atom. The second-order valence-corrected chi connectivity index (χ2v) is 4.06. The predicted octanol–water partition coefficient (Wildman–Crippen LogP) is 1.41. The normalized spacial score (nSPS) is 26.5. The van der Waals surface area contributed by atoms with Crippen molar-refractivity contribution in [2.24, 2.45) is 5.73 Å². The quantitative estimate of drug-likeness (QED) is 0.692. The van der Waals surface area contributed by atoms with Crippen LogP contribution in [0.5, 0.6) is 0 Å². The molecule has 2 nitrogen and oxygen atoms in total. The Balaban J connectivity index is 2.36. The van der Waals surface area contributed by atoms with Gasteiger partial charge in [-0.3, -0.25) is 4.90 Å². The maximum atomic E-state index is 5.72. The van der Waals surface area contributed by atoms with E-state index in [9.17, 15) is 0 Å². The summed E-state index contributed by atoms with van der Waals surface area (Å²) in [6, 6.07) is 0.647. The van der Waals surface area contributed by atoms with Crippen LogP contribution >= 0.6 is 0 Å². The summed E-state index contributed by atoms with van der Waals surface area (Å²) in [5.74, 6) is 1.50. The first kappa shape index (κ1) is 10.0. The molecule has 1 fully saturated rings. The van der Waals surface area contributed by atoms with Crippen LogP contribution in [0.2, 0.25) is 0 Å². The summed E-state index contributed by atoms with van der Waals surface area (Å²) in [5.41, 5.74) is 5.72. The Bertz CT molecular complexity index is 123. The summed E-state index contributed by atoms with van der Waals surface area (Å²) in [7, 11) is 0. The molecule has 0 aromatic heterocycles. The number of nitrogens with two attached hydrogens (primary N) is 1. The van der Waals surface area contributed by atoms with Gasteiger partial charge < -0.3 is 5.73 Å². The van der Waals surface area contributed by atoms with Gasteiger partial charge in [0.15, 0.2) is 0 Å². The van der Waals surface area contributed by atoms with Crippen molar-refractivity contribution in [2.75, 3.05) is 19.6 Å². The zero-order valence-corrected chi connectivity index (χ0v) is 8.34. The maximum Gasteiger partial charge on any atom is 0.0218 e. The molecule has 1 radical (unpaired) electrons. The van der Waals surface area contributed by atoms with Crippen molar-refractivity contribution in [2.45, 2.75) is 39.2 Å². The largest absolute Gasteiger partial charge is 0.329 e. The van der Waals surface area contributed by atoms with Crippen LogP contribution in [0.4, 0.5) is 0 Å². The Labute approximate surface area is 76.1 Å². The van der Waals surface area contributed by atoms with Crippen molar-refractivity contribution in [3.63, 3.8) is 0 Å². The molecule has 0 aromatic carbocycles. The molecule has 0 saturated carbocycles. The highest BCUT2D eigenvalue weighted by atomic mass is 15.2. The number of hydrogen-bond acceptors (Lipinski definition) is 2. The van der Waals surface area contributed by atoms with E-state index in [1.807, 2.05) is 0 Å². The molecule has 1 aliphatic heterocycles. The summed E-state index contributed by atoms with van der Waals surface area (Å²) in [5, 5.41) is 0. The van der Waals surface area contributed by atoms with Gasteiger partial charge in [-0.05, 0) is 25.3 Å². The SMILES string of the molecule is C[C](C)CN1CCCC[C@H]1CN. The minimum atomic E-state index is 0.647. The van der Waals surface area contributed by atoms with E-state index in [1.165, 1.54) is 31.7 Å². The predicted molar refractivity (Wildman–Crippen MR) is 52.9 cm³/mol. The number of likely N-dealkylation sites (tertiary alicyclic amines) is 1. The van der Waals surface area contributed by atoms with Crippen molar-refractivity contribution in [1.82, 2.24) is 4.90 Å². The number of hydrogen-bond donors (Lipinski definition) is 1. The van der Waals surface area contributed by atoms with Gasteiger partial charge in [0.1, 0.15) is 0 Å². The summed E-state index contributed by atoms with van der Waals surface area (Å²) in [6.07, 6.45) is 4.01. The monoisotopic (exact) mass is 169 g/mol. The van der Waals surface area contributed by atoms with E-state index in [4.69, 9.17) is 5.73 Å². The van der Waals surface area contributed by atoms with E-state index in [-0.39, 0.29) is 0 Å². The Kier molecular flexibility index (Phi) is 4.02. The van der Waals surface area contributed by atoms with Gasteiger partial charge in [0.25, 0.3) is 0 Å². The van der Waals surface area contributed by atoms with Gasteiger partial charge in [-0.25, -0.2) is 0 Å². The third kappa shape index (κ3) is 2.76. The minimum Gasteiger partial charge on any atom is -0.329 e. The van der Waals surface area contributed by atoms with Gasteiger partial charge in [0, 0.05) is 19.1 Å². The Morgan fingerprint density at radius 1 is 1.42 bits per heavy atom. The lowest BCUT2D eigenvalue weighted by atomic mass is 10.0. The van der Waals surface area contributed by atoms with Crippen LogP contribution in [0.15, 0.2) is 0 Å². The fourth-order valence-corrected chi connectivity index (χ4v) is 1.94. The molecule has 1 rings (SSSR count). The van der Waals surface area contributed by atoms with Crippen LogP contribution < -0.4 is 5.73 Å². The lowest BCUT2D eigenvalue weighted by Gasteiger charge is -2.35. The number of rotatable bonds is 3. The second-order valence-electron chi connectivity index (χ2n) is 4.06. The first-order valence-corrected chi connectivity index (χ1v) is 4.97. The number of piperidine rings is 1. The van der Waals surface area contributed by atoms with Crippen LogP contribution in [0, 0.1) is 5.92 Å². The van der Waals surface area contributed by atoms with E-state index in [2.05, 4.69) is 18.7 Å². The molecule has 0 spiro atoms. The maximum absolute atomic E-state index is 5.72. The van der Waals surface area contributed by atoms with E-state index in [0.717, 1.165) is 13.1 Å². The van der Waals surface area contributed by atoms with Crippen LogP contribution in [-0.2, 0) is 0 Å². The summed E-state index contributed by atoms with van der Waals surface area (Å²) in [6.45, 7) is 7.60. The smallest absolute Gasteiger partial charge is 0.0218 e. The van der Waals surface area contributed by atoms with Crippen molar-refractivity contribution in [3.05, 3.63) is 5.92 Å². The van der Waals surface area contributed by atoms with Crippen molar-refractivity contribution in [1.29, 1.82) is 0 Å². The molecular formula is C10H21N2. The molecule has 12 heavy (non-hydrogen) atoms. The van der Waals surface area contributed by atoms with Crippen molar-refractivity contribution >= 4 is 0 Å². The highest BCUT2D eigenvalue weighted by Crippen LogP contribution is 2.17. The van der Waals surface area contributed by atoms with E-state index >= 15 is 0 Å². The first-order chi connectivity index (χ1) is 5.74. The second kappa shape index (κ2) is 4.83. The standard InChI is InChI=1S/C10H21N2/c1-9(2)8-12-6-4-3-5-10(12)7-11/h10H,3-8,11H2,1-2H3/t10-/m0/s1. The molecular weight excluding hydrogens is 148 g/mol. The summed E-state index contributed by atoms with van der Waals surface area (Å²) in [4.78, 5) is 2.53. The molecule has 71 valence electrons. The zero-order chi connectivity index (χ0) is 8.97. The molecule has 0 aliphatic carbocycles. The van der Waals surface area contributed by atoms with Gasteiger partial charge in [0.2, 0.25) is 0 Å². The van der Waals surface area contributed by atoms with Gasteiger partial charge in [-0.15, -0.1) is 0 Å². The van der Waals surface area contributed by atoms with Crippen LogP contribution in [0.3, 0.4) is 0 Å². The molecule has 2 heteroatoms. The van der Waals surface area contributed by atoms with E-state index < -0.39 is 0 Å². The summed E-state index contributed by atoms with van der Waals surface area (Å²) < 4.78 is 0. The zero-order valence-electron chi connectivity index (χ0n) is 8.34. The molecule has 1 saturated heterocycles. The highest BCUT2D eigenvalue weighted by molar-refractivity contribution is 4.87. The van der Waals surface area contributed by atoms with Crippen molar-refractivity contribution in [3.8, 4) is 0 Å². The number of nitrogens with zero attached hydrogens (tertiary/aromatic N) is 1. The highest BCUT2D eigenvalue weighted by Gasteiger charge is 2.21. The van der Waals surface area contributed by atoms with Gasteiger partial charge >= 0.3 is 0 Å². The molecule has 0 bridgehead atoms. The molecule has 1 aliphatic rings. The van der Waals surface area contributed by atoms with Crippen LogP contribution in [0.1, 0.15) is 33.1 Å². The average molecular weight is 169 g/mol. The molecule has 1 heterocycles. The van der Waals surface area contributed by atoms with Crippen molar-refractivity contribution < 1.29 is 0 Å². The molecule has 0 amide bonds. The fraction of sp³-hybridized carbons (Fsp3) is 0.900. The van der Waals surface area contributed by atoms with Gasteiger partial charge in [-0.2, -0.15) is 0 Å². The minimum absolute atomic E-state index is 0.647. The molecule has 0 aromatic rings. The summed E-state index contributed by atoms with van der Waals surface area (Å²) >= 11 is 0. The fourth-order valence-electron chi connectivity index (χ4n) is 1.94. The Hall–Kier alpha value is -0.0800. The van der Waals surface area contributed by atoms with E-state index in [0.29, 0.717) is 6.04 Å². The topological polar surface area (TPSA) is 29.3 Å². The average Bonchev–Trinajstić information content (AvgIpc) is 2.04. The van der Waals surface area contributed by atoms with E-state index in [1.54, 1.807) is 0 Å². The lowest BCUT2D eigenvalue weighted by molar-refractivity contribution is 0.159. The Morgan fingerprint density at radius 3 is 2.75 bits per heavy atom. The third-order valence-electron chi connectivity index (χ3n) is 2.54. The third-order valence-corrected chi connectivity index (χ3v) is 2.54. The van der Waals surface area contributed by atoms with Crippen LogP contribution in [-0.4, -0.2) is 30.6 Å². The van der Waals surface area contributed by atoms with Crippen LogP contribution in [0.25, 0.3) is 0 Å². The molecule has 0 unspecified atom stereocenters. The molecule has 2 N–H and O–H groups in total. The lowest BCUT2D eigenvalue weighted by Crippen LogP contribution is -2.45.